The summed E-state index contributed by atoms with van der Waals surface area (Å²) in [6.07, 6.45) is 2.87. The number of carbonyl (C=O) groups is 3. The van der Waals surface area contributed by atoms with Gasteiger partial charge < -0.3 is 24.1 Å². The van der Waals surface area contributed by atoms with E-state index >= 15 is 0 Å². The lowest BCUT2D eigenvalue weighted by atomic mass is 9.94. The zero-order chi connectivity index (χ0) is 31.5. The molecule has 2 aromatic carbocycles. The number of aryl methyl sites for hydroxylation is 1. The summed E-state index contributed by atoms with van der Waals surface area (Å²) < 4.78 is 22.7. The summed E-state index contributed by atoms with van der Waals surface area (Å²) in [5, 5.41) is 11.8. The molecular weight excluding hydrogens is 584 g/mol. The van der Waals surface area contributed by atoms with E-state index in [9.17, 15) is 19.5 Å². The molecule has 0 saturated carbocycles. The van der Waals surface area contributed by atoms with E-state index in [1.165, 1.54) is 11.0 Å². The number of ether oxygens (including phenoxy) is 4. The largest absolute Gasteiger partial charge is 0.507 e. The first-order valence-corrected chi connectivity index (χ1v) is 15.3. The second-order valence-electron chi connectivity index (χ2n) is 10.4. The lowest BCUT2D eigenvalue weighted by Gasteiger charge is -2.24. The highest BCUT2D eigenvalue weighted by atomic mass is 32.1. The molecule has 0 aliphatic carbocycles. The van der Waals surface area contributed by atoms with Crippen molar-refractivity contribution in [2.75, 3.05) is 24.7 Å². The van der Waals surface area contributed by atoms with Crippen LogP contribution in [0.2, 0.25) is 0 Å². The minimum atomic E-state index is -1.08. The third kappa shape index (κ3) is 5.79. The van der Waals surface area contributed by atoms with Gasteiger partial charge in [0.15, 0.2) is 16.6 Å². The molecule has 230 valence electrons. The van der Waals surface area contributed by atoms with E-state index in [1.807, 2.05) is 20.8 Å². The predicted octanol–water partition coefficient (Wildman–Crippen LogP) is 5.93. The van der Waals surface area contributed by atoms with Crippen molar-refractivity contribution in [3.8, 4) is 17.2 Å². The van der Waals surface area contributed by atoms with Gasteiger partial charge >= 0.3 is 11.9 Å². The SMILES string of the molecule is C=CCOC(=O)c1sc(N2C(=O)C(=O)/C(=C(\O)c3ccc4c(c3)CC(C)O4)C2c2ccc(OCCC)c(OCC)c2)nc1C. The molecule has 1 aromatic heterocycles. The Morgan fingerprint density at radius 3 is 2.70 bits per heavy atom. The van der Waals surface area contributed by atoms with Crippen molar-refractivity contribution in [3.63, 3.8) is 0 Å². The molecule has 10 nitrogen and oxygen atoms in total. The molecule has 1 saturated heterocycles. The maximum Gasteiger partial charge on any atom is 0.350 e. The maximum absolute atomic E-state index is 13.7. The van der Waals surface area contributed by atoms with E-state index in [0.29, 0.717) is 53.7 Å². The quantitative estimate of drug-likeness (QED) is 0.0915. The Hall–Kier alpha value is -4.64. The van der Waals surface area contributed by atoms with Crippen molar-refractivity contribution in [2.45, 2.75) is 52.7 Å². The average molecular weight is 619 g/mol. The van der Waals surface area contributed by atoms with Gasteiger partial charge in [0, 0.05) is 12.0 Å². The number of ketones is 1. The number of aromatic nitrogens is 1. The fraction of sp³-hybridized carbons (Fsp3) is 0.333. The zero-order valence-corrected chi connectivity index (χ0v) is 25.9. The number of thiazole rings is 1. The Morgan fingerprint density at radius 2 is 1.98 bits per heavy atom. The number of rotatable bonds is 11. The summed E-state index contributed by atoms with van der Waals surface area (Å²) in [4.78, 5) is 46.1. The first kappa shape index (κ1) is 30.8. The minimum absolute atomic E-state index is 0.00722. The average Bonchev–Trinajstić information content (AvgIpc) is 3.66. The Labute approximate surface area is 259 Å². The second-order valence-corrected chi connectivity index (χ2v) is 11.4. The van der Waals surface area contributed by atoms with Crippen LogP contribution in [0.25, 0.3) is 5.76 Å². The van der Waals surface area contributed by atoms with Crippen LogP contribution in [0, 0.1) is 6.92 Å². The van der Waals surface area contributed by atoms with E-state index in [-0.39, 0.29) is 34.1 Å². The van der Waals surface area contributed by atoms with Crippen LogP contribution >= 0.6 is 11.3 Å². The monoisotopic (exact) mass is 618 g/mol. The van der Waals surface area contributed by atoms with E-state index < -0.39 is 23.7 Å². The number of aliphatic hydroxyl groups is 1. The zero-order valence-electron chi connectivity index (χ0n) is 25.0. The number of esters is 1. The Morgan fingerprint density at radius 1 is 1.18 bits per heavy atom. The van der Waals surface area contributed by atoms with E-state index in [2.05, 4.69) is 11.6 Å². The molecule has 0 spiro atoms. The topological polar surface area (TPSA) is 124 Å². The van der Waals surface area contributed by atoms with Crippen molar-refractivity contribution >= 4 is 39.9 Å². The van der Waals surface area contributed by atoms with E-state index in [4.69, 9.17) is 18.9 Å². The number of nitrogens with zero attached hydrogens (tertiary/aromatic N) is 2. The van der Waals surface area contributed by atoms with Crippen molar-refractivity contribution in [1.29, 1.82) is 0 Å². The molecule has 0 radical (unpaired) electrons. The lowest BCUT2D eigenvalue weighted by molar-refractivity contribution is -0.132. The third-order valence-electron chi connectivity index (χ3n) is 7.17. The van der Waals surface area contributed by atoms with Crippen LogP contribution in [0.15, 0.2) is 54.6 Å². The first-order valence-electron chi connectivity index (χ1n) is 14.4. The highest BCUT2D eigenvalue weighted by Gasteiger charge is 2.49. The molecule has 2 aliphatic rings. The molecule has 1 fully saturated rings. The lowest BCUT2D eigenvalue weighted by Crippen LogP contribution is -2.29. The summed E-state index contributed by atoms with van der Waals surface area (Å²) in [5.74, 6) is -1.07. The third-order valence-corrected chi connectivity index (χ3v) is 8.30. The molecule has 0 bridgehead atoms. The molecule has 3 heterocycles. The number of Topliss-reactive ketones (excluding diaryl/α,β-unsaturated/α-hetero) is 1. The van der Waals surface area contributed by atoms with E-state index in [1.54, 1.807) is 43.3 Å². The van der Waals surface area contributed by atoms with Gasteiger partial charge in [0.2, 0.25) is 0 Å². The highest BCUT2D eigenvalue weighted by Crippen LogP contribution is 2.46. The van der Waals surface area contributed by atoms with Crippen molar-refractivity contribution in [2.24, 2.45) is 0 Å². The Balaban J connectivity index is 1.67. The van der Waals surface area contributed by atoms with Gasteiger partial charge in [-0.05, 0) is 68.7 Å². The summed E-state index contributed by atoms with van der Waals surface area (Å²) in [6.45, 7) is 11.8. The highest BCUT2D eigenvalue weighted by molar-refractivity contribution is 7.17. The minimum Gasteiger partial charge on any atom is -0.507 e. The fourth-order valence-corrected chi connectivity index (χ4v) is 6.23. The summed E-state index contributed by atoms with van der Waals surface area (Å²) in [5.41, 5.74) is 1.98. The van der Waals surface area contributed by atoms with Crippen LogP contribution in [-0.2, 0) is 20.7 Å². The van der Waals surface area contributed by atoms with Gasteiger partial charge in [-0.3, -0.25) is 14.5 Å². The molecule has 1 N–H and O–H groups in total. The number of benzene rings is 2. The molecule has 3 aromatic rings. The van der Waals surface area contributed by atoms with E-state index in [0.717, 1.165) is 23.3 Å². The summed E-state index contributed by atoms with van der Waals surface area (Å²) >= 11 is 0.931. The van der Waals surface area contributed by atoms with Gasteiger partial charge in [-0.1, -0.05) is 37.0 Å². The Kier molecular flexibility index (Phi) is 9.05. The van der Waals surface area contributed by atoms with Crippen LogP contribution in [0.4, 0.5) is 5.13 Å². The fourth-order valence-electron chi connectivity index (χ4n) is 5.24. The van der Waals surface area contributed by atoms with Crippen molar-refractivity contribution in [1.82, 2.24) is 4.98 Å². The number of amides is 1. The van der Waals surface area contributed by atoms with Gasteiger partial charge in [-0.2, -0.15) is 0 Å². The Bertz CT molecular complexity index is 1660. The maximum atomic E-state index is 13.7. The van der Waals surface area contributed by atoms with Crippen molar-refractivity contribution < 1.29 is 38.4 Å². The molecule has 1 amide bonds. The number of anilines is 1. The molecule has 5 rings (SSSR count). The normalized spacial score (nSPS) is 18.6. The molecule has 2 atom stereocenters. The van der Waals surface area contributed by atoms with Gasteiger partial charge in [0.1, 0.15) is 29.1 Å². The molecule has 2 aliphatic heterocycles. The molecule has 2 unspecified atom stereocenters. The van der Waals surface area contributed by atoms with Gasteiger partial charge in [0.25, 0.3) is 5.78 Å². The molecule has 44 heavy (non-hydrogen) atoms. The summed E-state index contributed by atoms with van der Waals surface area (Å²) in [6, 6.07) is 9.23. The standard InChI is InChI=1S/C33H34N2O8S/c1-6-13-41-24-12-9-20(17-25(24)40-8-3)27-26(28(36)21-10-11-23-22(16-21)15-18(4)43-23)29(37)31(38)35(27)33-34-19(5)30(44-33)32(39)42-14-7-2/h7,9-12,16-18,27,36H,2,6,8,13-15H2,1,3-5H3/b28-26-. The van der Waals surface area contributed by atoms with Crippen molar-refractivity contribution in [3.05, 3.63) is 81.9 Å². The van der Waals surface area contributed by atoms with Gasteiger partial charge in [0.05, 0.1) is 30.5 Å². The number of carbonyl (C=O) groups excluding carboxylic acids is 3. The molecule has 11 heteroatoms. The molecular formula is C33H34N2O8S. The van der Waals surface area contributed by atoms with Gasteiger partial charge in [-0.25, -0.2) is 9.78 Å². The number of fused-ring (bicyclic) bond motifs is 1. The van der Waals surface area contributed by atoms with Crippen LogP contribution in [0.1, 0.15) is 65.3 Å². The second kappa shape index (κ2) is 12.9. The smallest absolute Gasteiger partial charge is 0.350 e. The number of hydrogen-bond donors (Lipinski definition) is 1. The van der Waals surface area contributed by atoms with Crippen LogP contribution in [-0.4, -0.2) is 53.7 Å². The number of aliphatic hydroxyl groups excluding tert-OH is 1. The van der Waals surface area contributed by atoms with Crippen LogP contribution < -0.4 is 19.1 Å². The summed E-state index contributed by atoms with van der Waals surface area (Å²) in [7, 11) is 0. The number of hydrogen-bond acceptors (Lipinski definition) is 10. The van der Waals surface area contributed by atoms with Crippen LogP contribution in [0.3, 0.4) is 0 Å². The first-order chi connectivity index (χ1) is 21.2. The van der Waals surface area contributed by atoms with Crippen LogP contribution in [0.5, 0.6) is 17.2 Å². The van der Waals surface area contributed by atoms with Gasteiger partial charge in [-0.15, -0.1) is 0 Å². The predicted molar refractivity (Wildman–Crippen MR) is 166 cm³/mol.